The van der Waals surface area contributed by atoms with Crippen molar-refractivity contribution in [2.75, 3.05) is 13.7 Å². The molecule has 1 heterocycles. The molecule has 0 fully saturated rings. The number of nitrogens with one attached hydrogen (secondary N) is 1. The van der Waals surface area contributed by atoms with Gasteiger partial charge in [0.15, 0.2) is 0 Å². The maximum absolute atomic E-state index is 11.1. The molecule has 0 aromatic carbocycles. The minimum absolute atomic E-state index is 0.277. The van der Waals surface area contributed by atoms with Crippen LogP contribution in [-0.2, 0) is 22.6 Å². The van der Waals surface area contributed by atoms with E-state index in [1.54, 1.807) is 26.3 Å². The summed E-state index contributed by atoms with van der Waals surface area (Å²) >= 11 is 0. The summed E-state index contributed by atoms with van der Waals surface area (Å²) in [5.74, 6) is 5.34. The molecule has 0 unspecified atom stereocenters. The zero-order valence-electron chi connectivity index (χ0n) is 9.99. The van der Waals surface area contributed by atoms with Gasteiger partial charge in [0.2, 0.25) is 0 Å². The number of aromatic nitrogens is 2. The summed E-state index contributed by atoms with van der Waals surface area (Å²) in [7, 11) is 1.62. The van der Waals surface area contributed by atoms with Crippen LogP contribution in [0, 0.1) is 11.8 Å². The van der Waals surface area contributed by atoms with Crippen molar-refractivity contribution in [1.29, 1.82) is 0 Å². The Labute approximate surface area is 101 Å². The van der Waals surface area contributed by atoms with Gasteiger partial charge in [-0.1, -0.05) is 5.92 Å². The van der Waals surface area contributed by atoms with Crippen molar-refractivity contribution >= 4 is 5.91 Å². The van der Waals surface area contributed by atoms with Gasteiger partial charge in [-0.25, -0.2) is 9.97 Å². The summed E-state index contributed by atoms with van der Waals surface area (Å²) in [6, 6.07) is 1.80. The summed E-state index contributed by atoms with van der Waals surface area (Å²) in [6.07, 6.45) is 2.26. The van der Waals surface area contributed by atoms with Gasteiger partial charge in [0.05, 0.1) is 12.3 Å². The molecule has 1 N–H and O–H groups in total. The minimum atomic E-state index is -0.277. The molecule has 1 aromatic rings. The van der Waals surface area contributed by atoms with E-state index in [2.05, 4.69) is 27.1 Å². The fourth-order valence-electron chi connectivity index (χ4n) is 1.24. The number of rotatable bonds is 5. The van der Waals surface area contributed by atoms with Gasteiger partial charge in [0.25, 0.3) is 5.91 Å². The highest BCUT2D eigenvalue weighted by molar-refractivity contribution is 5.93. The predicted molar refractivity (Wildman–Crippen MR) is 62.9 cm³/mol. The largest absolute Gasteiger partial charge is 0.378 e. The molecule has 0 aliphatic rings. The molecule has 5 heteroatoms. The summed E-state index contributed by atoms with van der Waals surface area (Å²) in [4.78, 5) is 19.4. The Morgan fingerprint density at radius 3 is 3.12 bits per heavy atom. The number of nitrogens with zero attached hydrogens (tertiary/aromatic N) is 2. The lowest BCUT2D eigenvalue weighted by Crippen LogP contribution is -2.24. The molecule has 1 aromatic heterocycles. The number of amides is 1. The molecule has 0 radical (unpaired) electrons. The smallest absolute Gasteiger partial charge is 0.295 e. The highest BCUT2D eigenvalue weighted by Crippen LogP contribution is 1.97. The van der Waals surface area contributed by atoms with E-state index in [1.807, 2.05) is 0 Å². The lowest BCUT2D eigenvalue weighted by Gasteiger charge is -2.03. The first-order valence-electron chi connectivity index (χ1n) is 5.26. The zero-order chi connectivity index (χ0) is 12.5. The number of carbonyl (C=O) groups is 1. The van der Waals surface area contributed by atoms with Crippen molar-refractivity contribution in [1.82, 2.24) is 15.3 Å². The molecule has 1 rings (SSSR count). The van der Waals surface area contributed by atoms with Crippen LogP contribution in [0.25, 0.3) is 0 Å². The molecule has 90 valence electrons. The van der Waals surface area contributed by atoms with Gasteiger partial charge in [-0.15, -0.1) is 0 Å². The lowest BCUT2D eigenvalue weighted by atomic mass is 10.3. The monoisotopic (exact) mass is 233 g/mol. The van der Waals surface area contributed by atoms with Crippen molar-refractivity contribution in [3.8, 4) is 11.8 Å². The van der Waals surface area contributed by atoms with Crippen LogP contribution in [0.4, 0.5) is 0 Å². The number of hydrogen-bond acceptors (Lipinski definition) is 4. The molecular formula is C12H15N3O2. The predicted octanol–water partition coefficient (Wildman–Crippen LogP) is 0.305. The van der Waals surface area contributed by atoms with Crippen molar-refractivity contribution in [2.45, 2.75) is 20.0 Å². The molecule has 1 amide bonds. The fraction of sp³-hybridized carbons (Fsp3) is 0.417. The SMILES string of the molecule is CC#CC(=O)NCCc1nccc(COC)n1. The van der Waals surface area contributed by atoms with Crippen LogP contribution in [0.15, 0.2) is 12.3 Å². The van der Waals surface area contributed by atoms with Gasteiger partial charge in [0, 0.05) is 26.3 Å². The summed E-state index contributed by atoms with van der Waals surface area (Å²) < 4.78 is 4.98. The summed E-state index contributed by atoms with van der Waals surface area (Å²) in [5, 5.41) is 2.66. The van der Waals surface area contributed by atoms with E-state index >= 15 is 0 Å². The molecule has 17 heavy (non-hydrogen) atoms. The lowest BCUT2D eigenvalue weighted by molar-refractivity contribution is -0.115. The van der Waals surface area contributed by atoms with Crippen molar-refractivity contribution in [3.63, 3.8) is 0 Å². The Bertz CT molecular complexity index is 435. The molecule has 0 saturated heterocycles. The Morgan fingerprint density at radius 2 is 2.41 bits per heavy atom. The van der Waals surface area contributed by atoms with Gasteiger partial charge in [0.1, 0.15) is 5.82 Å². The first-order valence-corrected chi connectivity index (χ1v) is 5.26. The van der Waals surface area contributed by atoms with Gasteiger partial charge < -0.3 is 10.1 Å². The molecule has 0 aliphatic carbocycles. The summed E-state index contributed by atoms with van der Waals surface area (Å²) in [6.45, 7) is 2.56. The number of hydrogen-bond donors (Lipinski definition) is 1. The first-order chi connectivity index (χ1) is 8.26. The van der Waals surface area contributed by atoms with Gasteiger partial charge in [-0.3, -0.25) is 4.79 Å². The Kier molecular flexibility index (Phi) is 5.69. The van der Waals surface area contributed by atoms with E-state index in [0.29, 0.717) is 25.4 Å². The van der Waals surface area contributed by atoms with E-state index < -0.39 is 0 Å². The third-order valence-electron chi connectivity index (χ3n) is 1.93. The van der Waals surface area contributed by atoms with Crippen LogP contribution in [0.5, 0.6) is 0 Å². The van der Waals surface area contributed by atoms with E-state index in [1.165, 1.54) is 0 Å². The summed E-state index contributed by atoms with van der Waals surface area (Å²) in [5.41, 5.74) is 0.831. The molecule has 0 atom stereocenters. The van der Waals surface area contributed by atoms with Gasteiger partial charge in [-0.2, -0.15) is 0 Å². The van der Waals surface area contributed by atoms with E-state index in [9.17, 15) is 4.79 Å². The second-order valence-corrected chi connectivity index (χ2v) is 3.28. The highest BCUT2D eigenvalue weighted by Gasteiger charge is 2.00. The van der Waals surface area contributed by atoms with E-state index in [-0.39, 0.29) is 5.91 Å². The van der Waals surface area contributed by atoms with Crippen LogP contribution in [0.1, 0.15) is 18.4 Å². The maximum atomic E-state index is 11.1. The van der Waals surface area contributed by atoms with Crippen LogP contribution in [0.2, 0.25) is 0 Å². The Morgan fingerprint density at radius 1 is 1.59 bits per heavy atom. The van der Waals surface area contributed by atoms with Crippen molar-refractivity contribution in [2.24, 2.45) is 0 Å². The number of ether oxygens (including phenoxy) is 1. The van der Waals surface area contributed by atoms with Crippen molar-refractivity contribution in [3.05, 3.63) is 23.8 Å². The average molecular weight is 233 g/mol. The van der Waals surface area contributed by atoms with Gasteiger partial charge in [-0.05, 0) is 18.9 Å². The fourth-order valence-corrected chi connectivity index (χ4v) is 1.24. The normalized spacial score (nSPS) is 9.29. The molecule has 5 nitrogen and oxygen atoms in total. The molecule has 0 spiro atoms. The van der Waals surface area contributed by atoms with Gasteiger partial charge >= 0.3 is 0 Å². The van der Waals surface area contributed by atoms with Crippen LogP contribution >= 0.6 is 0 Å². The quantitative estimate of drug-likeness (QED) is 0.743. The Balaban J connectivity index is 2.42. The average Bonchev–Trinajstić information content (AvgIpc) is 2.30. The minimum Gasteiger partial charge on any atom is -0.378 e. The van der Waals surface area contributed by atoms with Crippen LogP contribution in [-0.4, -0.2) is 29.5 Å². The number of carbonyl (C=O) groups excluding carboxylic acids is 1. The third kappa shape index (κ3) is 5.09. The standard InChI is InChI=1S/C12H15N3O2/c1-3-4-12(16)14-8-6-11-13-7-5-10(15-11)9-17-2/h5,7H,6,8-9H2,1-2H3,(H,14,16). The topological polar surface area (TPSA) is 64.1 Å². The molecular weight excluding hydrogens is 218 g/mol. The molecule has 0 bridgehead atoms. The zero-order valence-corrected chi connectivity index (χ0v) is 9.99. The second kappa shape index (κ2) is 7.36. The highest BCUT2D eigenvalue weighted by atomic mass is 16.5. The molecule has 0 aliphatic heterocycles. The third-order valence-corrected chi connectivity index (χ3v) is 1.93. The Hall–Kier alpha value is -1.93. The number of methoxy groups -OCH3 is 1. The van der Waals surface area contributed by atoms with Crippen LogP contribution < -0.4 is 5.32 Å². The van der Waals surface area contributed by atoms with Crippen molar-refractivity contribution < 1.29 is 9.53 Å². The molecule has 0 saturated carbocycles. The maximum Gasteiger partial charge on any atom is 0.295 e. The van der Waals surface area contributed by atoms with E-state index in [0.717, 1.165) is 5.69 Å². The second-order valence-electron chi connectivity index (χ2n) is 3.28. The van der Waals surface area contributed by atoms with E-state index in [4.69, 9.17) is 4.74 Å². The van der Waals surface area contributed by atoms with Crippen LogP contribution in [0.3, 0.4) is 0 Å². The first kappa shape index (κ1) is 13.1.